The minimum atomic E-state index is 0.600. The Morgan fingerprint density at radius 1 is 1.60 bits per heavy atom. The van der Waals surface area contributed by atoms with Crippen LogP contribution in [0.1, 0.15) is 18.9 Å². The summed E-state index contributed by atoms with van der Waals surface area (Å²) in [6.45, 7) is 4.44. The van der Waals surface area contributed by atoms with Gasteiger partial charge in [-0.2, -0.15) is 5.10 Å². The Morgan fingerprint density at radius 3 is 2.93 bits per heavy atom. The molecule has 3 nitrogen and oxygen atoms in total. The summed E-state index contributed by atoms with van der Waals surface area (Å²) in [5, 5.41) is 4.19. The highest BCUT2D eigenvalue weighted by atomic mass is 35.5. The molecule has 2 unspecified atom stereocenters. The van der Waals surface area contributed by atoms with E-state index in [0.29, 0.717) is 12.0 Å². The lowest BCUT2D eigenvalue weighted by molar-refractivity contribution is 0.240. The molecule has 1 fully saturated rings. The minimum Gasteiger partial charge on any atom is -0.296 e. The van der Waals surface area contributed by atoms with Gasteiger partial charge in [-0.3, -0.25) is 9.58 Å². The number of aromatic nitrogens is 2. The van der Waals surface area contributed by atoms with E-state index in [4.69, 9.17) is 11.6 Å². The monoisotopic (exact) mass is 227 g/mol. The van der Waals surface area contributed by atoms with Crippen LogP contribution in [0.15, 0.2) is 12.4 Å². The van der Waals surface area contributed by atoms with Gasteiger partial charge in [-0.15, -0.1) is 11.6 Å². The second-order valence-electron chi connectivity index (χ2n) is 4.44. The molecule has 2 heterocycles. The van der Waals surface area contributed by atoms with Crippen molar-refractivity contribution in [3.63, 3.8) is 0 Å². The number of aryl methyl sites for hydroxylation is 1. The Bertz CT molecular complexity index is 323. The topological polar surface area (TPSA) is 21.1 Å². The second kappa shape index (κ2) is 4.54. The molecule has 0 radical (unpaired) electrons. The molecule has 0 spiro atoms. The van der Waals surface area contributed by atoms with E-state index in [2.05, 4.69) is 23.1 Å². The van der Waals surface area contributed by atoms with Crippen molar-refractivity contribution >= 4 is 11.6 Å². The minimum absolute atomic E-state index is 0.600. The summed E-state index contributed by atoms with van der Waals surface area (Å²) in [6, 6.07) is 0.600. The molecular formula is C11H18ClN3. The first-order chi connectivity index (χ1) is 7.20. The third kappa shape index (κ3) is 2.34. The summed E-state index contributed by atoms with van der Waals surface area (Å²) in [6.07, 6.45) is 5.26. The van der Waals surface area contributed by atoms with Crippen molar-refractivity contribution in [3.05, 3.63) is 18.0 Å². The standard InChI is InChI=1S/C11H18ClN3/c1-9-11(5-12)3-4-15(9)8-10-6-13-14(2)7-10/h6-7,9,11H,3-5,8H2,1-2H3. The van der Waals surface area contributed by atoms with E-state index in [1.807, 2.05) is 17.9 Å². The van der Waals surface area contributed by atoms with Crippen LogP contribution in [-0.2, 0) is 13.6 Å². The summed E-state index contributed by atoms with van der Waals surface area (Å²) < 4.78 is 1.86. The fourth-order valence-corrected chi connectivity index (χ4v) is 2.70. The van der Waals surface area contributed by atoms with Gasteiger partial charge < -0.3 is 0 Å². The lowest BCUT2D eigenvalue weighted by Gasteiger charge is -2.22. The van der Waals surface area contributed by atoms with Gasteiger partial charge in [0.05, 0.1) is 6.20 Å². The number of halogens is 1. The summed E-state index contributed by atoms with van der Waals surface area (Å²) in [4.78, 5) is 2.49. The zero-order valence-electron chi connectivity index (χ0n) is 9.36. The van der Waals surface area contributed by atoms with E-state index in [9.17, 15) is 0 Å². The zero-order chi connectivity index (χ0) is 10.8. The van der Waals surface area contributed by atoms with Crippen molar-refractivity contribution in [2.45, 2.75) is 25.9 Å². The fraction of sp³-hybridized carbons (Fsp3) is 0.727. The Hall–Kier alpha value is -0.540. The molecule has 2 rings (SSSR count). The van der Waals surface area contributed by atoms with Crippen LogP contribution >= 0.6 is 11.6 Å². The summed E-state index contributed by atoms with van der Waals surface area (Å²) in [5.41, 5.74) is 1.29. The van der Waals surface area contributed by atoms with Crippen LogP contribution in [0.4, 0.5) is 0 Å². The van der Waals surface area contributed by atoms with Gasteiger partial charge in [0.15, 0.2) is 0 Å². The highest BCUT2D eigenvalue weighted by Gasteiger charge is 2.29. The third-order valence-corrected chi connectivity index (χ3v) is 3.78. The van der Waals surface area contributed by atoms with Gasteiger partial charge in [0.1, 0.15) is 0 Å². The van der Waals surface area contributed by atoms with Crippen LogP contribution in [0.2, 0.25) is 0 Å². The molecule has 0 aliphatic carbocycles. The van der Waals surface area contributed by atoms with Crippen LogP contribution in [0.5, 0.6) is 0 Å². The van der Waals surface area contributed by atoms with E-state index in [0.717, 1.165) is 19.0 Å². The van der Waals surface area contributed by atoms with Gasteiger partial charge in [-0.25, -0.2) is 0 Å². The molecule has 84 valence electrons. The number of rotatable bonds is 3. The Morgan fingerprint density at radius 2 is 2.40 bits per heavy atom. The van der Waals surface area contributed by atoms with Gasteiger partial charge in [0.25, 0.3) is 0 Å². The van der Waals surface area contributed by atoms with Gasteiger partial charge in [0, 0.05) is 37.3 Å². The molecule has 2 atom stereocenters. The molecule has 1 aliphatic heterocycles. The average molecular weight is 228 g/mol. The molecule has 1 aromatic heterocycles. The van der Waals surface area contributed by atoms with Crippen molar-refractivity contribution in [2.75, 3.05) is 12.4 Å². The van der Waals surface area contributed by atoms with Crippen LogP contribution in [-0.4, -0.2) is 33.1 Å². The van der Waals surface area contributed by atoms with Crippen molar-refractivity contribution in [3.8, 4) is 0 Å². The summed E-state index contributed by atoms with van der Waals surface area (Å²) in [5.74, 6) is 1.44. The first-order valence-electron chi connectivity index (χ1n) is 5.48. The number of likely N-dealkylation sites (tertiary alicyclic amines) is 1. The predicted molar refractivity (Wildman–Crippen MR) is 61.9 cm³/mol. The molecule has 0 bridgehead atoms. The first-order valence-corrected chi connectivity index (χ1v) is 6.01. The lowest BCUT2D eigenvalue weighted by atomic mass is 10.0. The number of hydrogen-bond acceptors (Lipinski definition) is 2. The van der Waals surface area contributed by atoms with Crippen LogP contribution in [0.3, 0.4) is 0 Å². The smallest absolute Gasteiger partial charge is 0.0534 e. The van der Waals surface area contributed by atoms with E-state index >= 15 is 0 Å². The molecule has 1 aromatic rings. The first kappa shape index (κ1) is 11.0. The molecule has 0 amide bonds. The highest BCUT2D eigenvalue weighted by Crippen LogP contribution is 2.26. The third-order valence-electron chi connectivity index (χ3n) is 3.39. The number of alkyl halides is 1. The SMILES string of the molecule is CC1C(CCl)CCN1Cc1cnn(C)c1. The van der Waals surface area contributed by atoms with Crippen LogP contribution in [0, 0.1) is 5.92 Å². The quantitative estimate of drug-likeness (QED) is 0.736. The second-order valence-corrected chi connectivity index (χ2v) is 4.74. The van der Waals surface area contributed by atoms with E-state index in [1.54, 1.807) is 0 Å². The Balaban J connectivity index is 1.96. The zero-order valence-corrected chi connectivity index (χ0v) is 10.1. The van der Waals surface area contributed by atoms with Crippen LogP contribution in [0.25, 0.3) is 0 Å². The highest BCUT2D eigenvalue weighted by molar-refractivity contribution is 6.18. The van der Waals surface area contributed by atoms with Crippen molar-refractivity contribution in [1.82, 2.24) is 14.7 Å². The van der Waals surface area contributed by atoms with Gasteiger partial charge >= 0.3 is 0 Å². The molecule has 15 heavy (non-hydrogen) atoms. The van der Waals surface area contributed by atoms with E-state index < -0.39 is 0 Å². The number of nitrogens with zero attached hydrogens (tertiary/aromatic N) is 3. The largest absolute Gasteiger partial charge is 0.296 e. The molecule has 0 aromatic carbocycles. The maximum atomic E-state index is 5.93. The van der Waals surface area contributed by atoms with Gasteiger partial charge in [-0.1, -0.05) is 0 Å². The van der Waals surface area contributed by atoms with E-state index in [1.165, 1.54) is 12.0 Å². The van der Waals surface area contributed by atoms with Crippen molar-refractivity contribution in [2.24, 2.45) is 13.0 Å². The average Bonchev–Trinajstić information content (AvgIpc) is 2.76. The van der Waals surface area contributed by atoms with Gasteiger partial charge in [-0.05, 0) is 25.8 Å². The normalized spacial score (nSPS) is 27.4. The Kier molecular flexibility index (Phi) is 3.32. The summed E-state index contributed by atoms with van der Waals surface area (Å²) in [7, 11) is 1.96. The molecule has 1 saturated heterocycles. The summed E-state index contributed by atoms with van der Waals surface area (Å²) >= 11 is 5.93. The molecular weight excluding hydrogens is 210 g/mol. The van der Waals surface area contributed by atoms with E-state index in [-0.39, 0.29) is 0 Å². The number of hydrogen-bond donors (Lipinski definition) is 0. The van der Waals surface area contributed by atoms with Crippen LogP contribution < -0.4 is 0 Å². The lowest BCUT2D eigenvalue weighted by Crippen LogP contribution is -2.29. The van der Waals surface area contributed by atoms with Gasteiger partial charge in [0.2, 0.25) is 0 Å². The molecule has 0 saturated carbocycles. The molecule has 1 aliphatic rings. The Labute approximate surface area is 96.0 Å². The molecule has 4 heteroatoms. The fourth-order valence-electron chi connectivity index (χ4n) is 2.29. The predicted octanol–water partition coefficient (Wildman–Crippen LogP) is 1.87. The van der Waals surface area contributed by atoms with Crippen molar-refractivity contribution < 1.29 is 0 Å². The maximum absolute atomic E-state index is 5.93. The molecule has 0 N–H and O–H groups in total. The maximum Gasteiger partial charge on any atom is 0.0534 e. The van der Waals surface area contributed by atoms with Crippen molar-refractivity contribution in [1.29, 1.82) is 0 Å².